The molecule has 2 rings (SSSR count). The van der Waals surface area contributed by atoms with E-state index in [0.717, 1.165) is 20.8 Å². The number of carbonyl (C=O) groups excluding carboxylic acids is 4. The van der Waals surface area contributed by atoms with Crippen molar-refractivity contribution in [2.75, 3.05) is 6.61 Å². The van der Waals surface area contributed by atoms with E-state index in [1.54, 1.807) is 18.2 Å². The van der Waals surface area contributed by atoms with Gasteiger partial charge in [-0.25, -0.2) is 0 Å². The normalized spacial score (nSPS) is 25.1. The molecule has 1 aromatic rings. The third-order valence-electron chi connectivity index (χ3n) is 4.26. The highest BCUT2D eigenvalue weighted by Crippen LogP contribution is 2.30. The summed E-state index contributed by atoms with van der Waals surface area (Å²) < 4.78 is 26.7. The highest BCUT2D eigenvalue weighted by molar-refractivity contribution is 5.83. The van der Waals surface area contributed by atoms with Gasteiger partial charge in [0.25, 0.3) is 0 Å². The molecule has 0 radical (unpaired) electrons. The smallest absolute Gasteiger partial charge is 0.303 e. The Kier molecular flexibility index (Phi) is 8.71. The van der Waals surface area contributed by atoms with E-state index in [0.29, 0.717) is 5.56 Å². The van der Waals surface area contributed by atoms with Gasteiger partial charge in [0.1, 0.15) is 18.5 Å². The van der Waals surface area contributed by atoms with E-state index in [1.165, 1.54) is 19.2 Å². The maximum Gasteiger partial charge on any atom is 0.303 e. The molecule has 5 atom stereocenters. The van der Waals surface area contributed by atoms with Gasteiger partial charge in [-0.15, -0.1) is 0 Å². The first-order chi connectivity index (χ1) is 15.1. The Morgan fingerprint density at radius 1 is 0.906 bits per heavy atom. The number of nitrogens with zero attached hydrogens (tertiary/aromatic N) is 1. The molecule has 1 aromatic carbocycles. The Morgan fingerprint density at radius 3 is 2.03 bits per heavy atom. The molecule has 1 saturated heterocycles. The van der Waals surface area contributed by atoms with E-state index < -0.39 is 54.5 Å². The lowest BCUT2D eigenvalue weighted by molar-refractivity contribution is -0.250. The zero-order chi connectivity index (χ0) is 23.8. The molecule has 1 fully saturated rings. The van der Waals surface area contributed by atoms with Gasteiger partial charge < -0.3 is 28.8 Å². The molecule has 0 amide bonds. The summed E-state index contributed by atoms with van der Waals surface area (Å²) in [7, 11) is 0. The summed E-state index contributed by atoms with van der Waals surface area (Å²) >= 11 is 0. The molecule has 0 aromatic heterocycles. The van der Waals surface area contributed by atoms with Crippen LogP contribution in [0.4, 0.5) is 0 Å². The Bertz CT molecular complexity index is 883. The molecule has 0 aliphatic carbocycles. The average molecular weight is 451 g/mol. The standard InChI is InChI=1S/C21H25NO10/c1-11(23)28-10-17-18(29-12(2)24)19(30-13(3)25)20(31-14(4)26)21(32-17)22-9-15-7-5-6-8-16(15)27/h5-9,17-21,27H,10H2,1-4H3/t17-,18+,19-,20+,21-/m0/s1. The van der Waals surface area contributed by atoms with E-state index in [9.17, 15) is 24.3 Å². The van der Waals surface area contributed by atoms with E-state index >= 15 is 0 Å². The molecular formula is C21H25NO10. The fourth-order valence-electron chi connectivity index (χ4n) is 3.08. The van der Waals surface area contributed by atoms with Crippen LogP contribution >= 0.6 is 0 Å². The Labute approximate surface area is 184 Å². The molecule has 0 unspecified atom stereocenters. The van der Waals surface area contributed by atoms with Crippen LogP contribution in [0.15, 0.2) is 29.3 Å². The van der Waals surface area contributed by atoms with E-state index in [4.69, 9.17) is 23.7 Å². The molecular weight excluding hydrogens is 426 g/mol. The van der Waals surface area contributed by atoms with Gasteiger partial charge in [-0.2, -0.15) is 0 Å². The van der Waals surface area contributed by atoms with Gasteiger partial charge in [0, 0.05) is 39.5 Å². The number of aromatic hydroxyl groups is 1. The van der Waals surface area contributed by atoms with Crippen LogP contribution in [-0.2, 0) is 42.9 Å². The van der Waals surface area contributed by atoms with Gasteiger partial charge in [0.2, 0.25) is 0 Å². The van der Waals surface area contributed by atoms with Crippen LogP contribution in [0, 0.1) is 0 Å². The molecule has 1 N–H and O–H groups in total. The molecule has 0 saturated carbocycles. The van der Waals surface area contributed by atoms with Gasteiger partial charge in [-0.1, -0.05) is 12.1 Å². The first kappa shape index (κ1) is 24.8. The molecule has 11 nitrogen and oxygen atoms in total. The van der Waals surface area contributed by atoms with E-state index in [2.05, 4.69) is 4.99 Å². The fourth-order valence-corrected chi connectivity index (χ4v) is 3.08. The Balaban J connectivity index is 2.47. The number of phenols is 1. The highest BCUT2D eigenvalue weighted by Gasteiger charge is 2.52. The number of para-hydroxylation sites is 1. The molecule has 11 heteroatoms. The lowest BCUT2D eigenvalue weighted by atomic mass is 9.97. The second-order valence-electron chi connectivity index (χ2n) is 6.93. The maximum absolute atomic E-state index is 11.8. The van der Waals surface area contributed by atoms with Crippen molar-refractivity contribution in [3.63, 3.8) is 0 Å². The molecule has 32 heavy (non-hydrogen) atoms. The van der Waals surface area contributed by atoms with Crippen molar-refractivity contribution < 1.29 is 48.0 Å². The number of carbonyl (C=O) groups is 4. The maximum atomic E-state index is 11.8. The van der Waals surface area contributed by atoms with Crippen LogP contribution in [0.1, 0.15) is 33.3 Å². The van der Waals surface area contributed by atoms with Crippen molar-refractivity contribution in [1.82, 2.24) is 0 Å². The summed E-state index contributed by atoms with van der Waals surface area (Å²) in [5.41, 5.74) is 0.348. The minimum atomic E-state index is -1.30. The zero-order valence-electron chi connectivity index (χ0n) is 18.0. The molecule has 1 aliphatic rings. The largest absolute Gasteiger partial charge is 0.507 e. The van der Waals surface area contributed by atoms with E-state index in [1.807, 2.05) is 0 Å². The summed E-state index contributed by atoms with van der Waals surface area (Å²) in [6.07, 6.45) is -4.90. The number of hydrogen-bond donors (Lipinski definition) is 1. The molecule has 1 heterocycles. The minimum absolute atomic E-state index is 0.0538. The van der Waals surface area contributed by atoms with Crippen molar-refractivity contribution in [2.45, 2.75) is 58.3 Å². The van der Waals surface area contributed by atoms with Gasteiger partial charge >= 0.3 is 23.9 Å². The first-order valence-corrected chi connectivity index (χ1v) is 9.70. The van der Waals surface area contributed by atoms with Gasteiger partial charge in [0.15, 0.2) is 24.5 Å². The van der Waals surface area contributed by atoms with Gasteiger partial charge in [-0.3, -0.25) is 24.2 Å². The summed E-state index contributed by atoms with van der Waals surface area (Å²) in [6, 6.07) is 6.34. The minimum Gasteiger partial charge on any atom is -0.507 e. The third kappa shape index (κ3) is 7.05. The molecule has 0 spiro atoms. The highest BCUT2D eigenvalue weighted by atomic mass is 16.7. The third-order valence-corrected chi connectivity index (χ3v) is 4.26. The number of rotatable bonds is 7. The molecule has 174 valence electrons. The predicted molar refractivity (Wildman–Crippen MR) is 108 cm³/mol. The average Bonchev–Trinajstić information content (AvgIpc) is 2.68. The summed E-state index contributed by atoms with van der Waals surface area (Å²) in [5, 5.41) is 9.96. The Hall–Kier alpha value is -3.47. The van der Waals surface area contributed by atoms with Crippen LogP contribution in [0.5, 0.6) is 5.75 Å². The Morgan fingerprint density at radius 2 is 1.47 bits per heavy atom. The number of aliphatic imine (C=N–C) groups is 1. The first-order valence-electron chi connectivity index (χ1n) is 9.70. The van der Waals surface area contributed by atoms with E-state index in [-0.39, 0.29) is 12.4 Å². The van der Waals surface area contributed by atoms with Gasteiger partial charge in [0.05, 0.1) is 0 Å². The number of esters is 4. The van der Waals surface area contributed by atoms with Crippen molar-refractivity contribution in [3.05, 3.63) is 29.8 Å². The fraction of sp³-hybridized carbons (Fsp3) is 0.476. The van der Waals surface area contributed by atoms with Crippen molar-refractivity contribution in [3.8, 4) is 5.75 Å². The SMILES string of the molecule is CC(=O)OC[C@@H]1O[C@H](N=Cc2ccccc2O)[C@H](OC(C)=O)[C@@H](OC(C)=O)[C@@H]1OC(C)=O. The van der Waals surface area contributed by atoms with Crippen molar-refractivity contribution >= 4 is 30.1 Å². The van der Waals surface area contributed by atoms with Crippen molar-refractivity contribution in [1.29, 1.82) is 0 Å². The summed E-state index contributed by atoms with van der Waals surface area (Å²) in [5.74, 6) is -2.85. The second-order valence-corrected chi connectivity index (χ2v) is 6.93. The molecule has 0 bridgehead atoms. The number of hydrogen-bond acceptors (Lipinski definition) is 11. The number of benzene rings is 1. The number of ether oxygens (including phenoxy) is 5. The van der Waals surface area contributed by atoms with Crippen LogP contribution in [-0.4, -0.2) is 72.4 Å². The number of phenolic OH excluding ortho intramolecular Hbond substituents is 1. The molecule has 1 aliphatic heterocycles. The van der Waals surface area contributed by atoms with Crippen LogP contribution in [0.2, 0.25) is 0 Å². The quantitative estimate of drug-likeness (QED) is 0.360. The zero-order valence-corrected chi connectivity index (χ0v) is 18.0. The van der Waals surface area contributed by atoms with Crippen molar-refractivity contribution in [2.24, 2.45) is 4.99 Å². The topological polar surface area (TPSA) is 147 Å². The second kappa shape index (κ2) is 11.2. The lowest BCUT2D eigenvalue weighted by Gasteiger charge is -2.43. The van der Waals surface area contributed by atoms with Crippen LogP contribution < -0.4 is 0 Å². The summed E-state index contributed by atoms with van der Waals surface area (Å²) in [6.45, 7) is 4.24. The van der Waals surface area contributed by atoms with Gasteiger partial charge in [-0.05, 0) is 12.1 Å². The monoisotopic (exact) mass is 451 g/mol. The van der Waals surface area contributed by atoms with Crippen LogP contribution in [0.25, 0.3) is 0 Å². The lowest BCUT2D eigenvalue weighted by Crippen LogP contribution is -2.62. The van der Waals surface area contributed by atoms with Crippen LogP contribution in [0.3, 0.4) is 0 Å². The summed E-state index contributed by atoms with van der Waals surface area (Å²) in [4.78, 5) is 50.8. The predicted octanol–water partition coefficient (Wildman–Crippen LogP) is 0.894.